The van der Waals surface area contributed by atoms with Crippen LogP contribution >= 0.6 is 0 Å². The number of pyridine rings is 1. The number of hydrogen-bond acceptors (Lipinski definition) is 6. The summed E-state index contributed by atoms with van der Waals surface area (Å²) in [5.74, 6) is 1.02. The van der Waals surface area contributed by atoms with Gasteiger partial charge in [0.05, 0.1) is 11.8 Å². The van der Waals surface area contributed by atoms with Crippen molar-refractivity contribution in [1.29, 1.82) is 0 Å². The van der Waals surface area contributed by atoms with E-state index in [1.807, 2.05) is 42.8 Å². The van der Waals surface area contributed by atoms with Crippen LogP contribution in [0, 0.1) is 0 Å². The third-order valence-corrected chi connectivity index (χ3v) is 5.83. The molecule has 0 saturated carbocycles. The van der Waals surface area contributed by atoms with Crippen molar-refractivity contribution in [3.8, 4) is 11.5 Å². The van der Waals surface area contributed by atoms with Crippen LogP contribution in [0.3, 0.4) is 0 Å². The Bertz CT molecular complexity index is 1170. The molecule has 0 radical (unpaired) electrons. The minimum absolute atomic E-state index is 0.0880. The maximum absolute atomic E-state index is 13.0. The summed E-state index contributed by atoms with van der Waals surface area (Å²) >= 11 is 0. The summed E-state index contributed by atoms with van der Waals surface area (Å²) in [5, 5.41) is 5.20. The number of amides is 2. The molecule has 4 heterocycles. The fourth-order valence-corrected chi connectivity index (χ4v) is 4.09. The van der Waals surface area contributed by atoms with Crippen molar-refractivity contribution in [2.45, 2.75) is 26.0 Å². The van der Waals surface area contributed by atoms with Gasteiger partial charge in [0.2, 0.25) is 6.10 Å². The van der Waals surface area contributed by atoms with Gasteiger partial charge in [-0.2, -0.15) is 5.10 Å². The van der Waals surface area contributed by atoms with Gasteiger partial charge in [-0.1, -0.05) is 12.1 Å². The third kappa shape index (κ3) is 3.63. The SMILES string of the molecule is CC(C)n1ncc2cc(C(=O)N3CCN(C(=O)C4COc5ccccc5O4)CC3)cnc21. The molecule has 1 atom stereocenters. The zero-order valence-electron chi connectivity index (χ0n) is 18.1. The second-order valence-corrected chi connectivity index (χ2v) is 8.30. The van der Waals surface area contributed by atoms with Gasteiger partial charge in [-0.05, 0) is 32.0 Å². The van der Waals surface area contributed by atoms with Gasteiger partial charge in [-0.25, -0.2) is 9.67 Å². The Morgan fingerprint density at radius 3 is 2.50 bits per heavy atom. The van der Waals surface area contributed by atoms with E-state index in [2.05, 4.69) is 10.1 Å². The quantitative estimate of drug-likeness (QED) is 0.626. The van der Waals surface area contributed by atoms with Crippen molar-refractivity contribution in [3.63, 3.8) is 0 Å². The summed E-state index contributed by atoms with van der Waals surface area (Å²) < 4.78 is 13.3. The Hall–Kier alpha value is -3.62. The molecule has 0 aliphatic carbocycles. The number of nitrogens with zero attached hydrogens (tertiary/aromatic N) is 5. The van der Waals surface area contributed by atoms with E-state index in [0.717, 1.165) is 11.0 Å². The van der Waals surface area contributed by atoms with E-state index in [1.54, 1.807) is 28.3 Å². The minimum Gasteiger partial charge on any atom is -0.485 e. The number of piperazine rings is 1. The summed E-state index contributed by atoms with van der Waals surface area (Å²) in [5.41, 5.74) is 1.30. The molecule has 9 heteroatoms. The lowest BCUT2D eigenvalue weighted by Gasteiger charge is -2.37. The Kier molecular flexibility index (Phi) is 5.16. The van der Waals surface area contributed by atoms with Crippen LogP contribution in [-0.2, 0) is 4.79 Å². The van der Waals surface area contributed by atoms with Crippen molar-refractivity contribution in [2.24, 2.45) is 0 Å². The van der Waals surface area contributed by atoms with Crippen molar-refractivity contribution < 1.29 is 19.1 Å². The number of rotatable bonds is 3. The number of hydrogen-bond donors (Lipinski definition) is 0. The summed E-state index contributed by atoms with van der Waals surface area (Å²) in [4.78, 5) is 33.9. The van der Waals surface area contributed by atoms with Crippen LogP contribution in [-0.4, -0.2) is 75.3 Å². The van der Waals surface area contributed by atoms with Gasteiger partial charge >= 0.3 is 0 Å². The Morgan fingerprint density at radius 1 is 1.03 bits per heavy atom. The molecule has 2 aliphatic rings. The minimum atomic E-state index is -0.670. The highest BCUT2D eigenvalue weighted by Crippen LogP contribution is 2.31. The van der Waals surface area contributed by atoms with Gasteiger partial charge in [0.25, 0.3) is 11.8 Å². The molecule has 1 fully saturated rings. The third-order valence-electron chi connectivity index (χ3n) is 5.83. The molecule has 0 bridgehead atoms. The zero-order chi connectivity index (χ0) is 22.2. The first-order chi connectivity index (χ1) is 15.5. The van der Waals surface area contributed by atoms with Crippen molar-refractivity contribution in [1.82, 2.24) is 24.6 Å². The van der Waals surface area contributed by atoms with Crippen LogP contribution in [0.5, 0.6) is 11.5 Å². The maximum atomic E-state index is 13.0. The molecule has 1 unspecified atom stereocenters. The van der Waals surface area contributed by atoms with Gasteiger partial charge in [0.1, 0.15) is 6.61 Å². The molecule has 2 amide bonds. The van der Waals surface area contributed by atoms with Gasteiger partial charge < -0.3 is 19.3 Å². The average Bonchev–Trinajstić information content (AvgIpc) is 3.26. The highest BCUT2D eigenvalue weighted by atomic mass is 16.6. The van der Waals surface area contributed by atoms with Gasteiger partial charge in [-0.3, -0.25) is 9.59 Å². The first-order valence-electron chi connectivity index (χ1n) is 10.8. The average molecular weight is 435 g/mol. The van der Waals surface area contributed by atoms with Crippen LogP contribution in [0.15, 0.2) is 42.7 Å². The maximum Gasteiger partial charge on any atom is 0.267 e. The molecule has 0 spiro atoms. The fraction of sp³-hybridized carbons (Fsp3) is 0.391. The summed E-state index contributed by atoms with van der Waals surface area (Å²) in [6.07, 6.45) is 2.67. The molecular formula is C23H25N5O4. The smallest absolute Gasteiger partial charge is 0.267 e. The number of carbonyl (C=O) groups is 2. The second kappa shape index (κ2) is 8.14. The molecule has 5 rings (SSSR count). The molecule has 3 aromatic rings. The number of para-hydroxylation sites is 2. The van der Waals surface area contributed by atoms with E-state index in [4.69, 9.17) is 9.47 Å². The monoisotopic (exact) mass is 435 g/mol. The number of carbonyl (C=O) groups excluding carboxylic acids is 2. The summed E-state index contributed by atoms with van der Waals surface area (Å²) in [6.45, 7) is 6.08. The molecular weight excluding hydrogens is 410 g/mol. The van der Waals surface area contributed by atoms with Crippen LogP contribution in [0.4, 0.5) is 0 Å². The number of fused-ring (bicyclic) bond motifs is 2. The van der Waals surface area contributed by atoms with Crippen molar-refractivity contribution >= 4 is 22.8 Å². The molecule has 1 saturated heterocycles. The zero-order valence-corrected chi connectivity index (χ0v) is 18.1. The van der Waals surface area contributed by atoms with E-state index >= 15 is 0 Å². The van der Waals surface area contributed by atoms with Crippen molar-refractivity contribution in [2.75, 3.05) is 32.8 Å². The van der Waals surface area contributed by atoms with E-state index in [9.17, 15) is 9.59 Å². The molecule has 166 valence electrons. The van der Waals surface area contributed by atoms with E-state index in [1.165, 1.54) is 0 Å². The Labute approximate surface area is 185 Å². The van der Waals surface area contributed by atoms with Crippen LogP contribution in [0.1, 0.15) is 30.2 Å². The molecule has 9 nitrogen and oxygen atoms in total. The van der Waals surface area contributed by atoms with Crippen LogP contribution in [0.25, 0.3) is 11.0 Å². The lowest BCUT2D eigenvalue weighted by Crippen LogP contribution is -2.55. The molecule has 32 heavy (non-hydrogen) atoms. The first kappa shape index (κ1) is 20.3. The topological polar surface area (TPSA) is 89.8 Å². The lowest BCUT2D eigenvalue weighted by atomic mass is 10.2. The number of ether oxygens (including phenoxy) is 2. The normalized spacial score (nSPS) is 18.3. The van der Waals surface area contributed by atoms with Gasteiger partial charge in [0, 0.05) is 43.8 Å². The lowest BCUT2D eigenvalue weighted by molar-refractivity contribution is -0.142. The highest BCUT2D eigenvalue weighted by Gasteiger charge is 2.33. The first-order valence-corrected chi connectivity index (χ1v) is 10.8. The molecule has 2 aromatic heterocycles. The Balaban J connectivity index is 1.21. The van der Waals surface area contributed by atoms with Gasteiger partial charge in [-0.15, -0.1) is 0 Å². The predicted molar refractivity (Wildman–Crippen MR) is 117 cm³/mol. The van der Waals surface area contributed by atoms with E-state index in [0.29, 0.717) is 43.2 Å². The predicted octanol–water partition coefficient (Wildman–Crippen LogP) is 2.14. The largest absolute Gasteiger partial charge is 0.485 e. The Morgan fingerprint density at radius 2 is 1.75 bits per heavy atom. The van der Waals surface area contributed by atoms with Crippen molar-refractivity contribution in [3.05, 3.63) is 48.3 Å². The molecule has 0 N–H and O–H groups in total. The number of aromatic nitrogens is 3. The molecule has 1 aromatic carbocycles. The van der Waals surface area contributed by atoms with Crippen LogP contribution < -0.4 is 9.47 Å². The standard InChI is InChI=1S/C23H25N5O4/c1-15(2)28-21-16(13-25-28)11-17(12-24-21)22(29)26-7-9-27(10-8-26)23(30)20-14-31-18-5-3-4-6-19(18)32-20/h3-6,11-13,15,20H,7-10,14H2,1-2H3. The summed E-state index contributed by atoms with van der Waals surface area (Å²) in [7, 11) is 0. The van der Waals surface area contributed by atoms with Crippen LogP contribution in [0.2, 0.25) is 0 Å². The highest BCUT2D eigenvalue weighted by molar-refractivity contribution is 5.97. The second-order valence-electron chi connectivity index (χ2n) is 8.30. The fourth-order valence-electron chi connectivity index (χ4n) is 4.09. The summed E-state index contributed by atoms with van der Waals surface area (Å²) in [6, 6.07) is 9.35. The van der Waals surface area contributed by atoms with E-state index in [-0.39, 0.29) is 24.5 Å². The van der Waals surface area contributed by atoms with E-state index < -0.39 is 6.10 Å². The number of benzene rings is 1. The van der Waals surface area contributed by atoms with Gasteiger partial charge in [0.15, 0.2) is 17.1 Å². The molecule has 2 aliphatic heterocycles.